The monoisotopic (exact) mass is 239 g/mol. The van der Waals surface area contributed by atoms with Gasteiger partial charge in [-0.05, 0) is 61.6 Å². The molecule has 0 unspecified atom stereocenters. The van der Waals surface area contributed by atoms with E-state index >= 15 is 0 Å². The van der Waals surface area contributed by atoms with Gasteiger partial charge in [0.05, 0.1) is 0 Å². The van der Waals surface area contributed by atoms with Gasteiger partial charge >= 0.3 is 0 Å². The Bertz CT molecular complexity index is 515. The zero-order valence-corrected chi connectivity index (χ0v) is 11.5. The Morgan fingerprint density at radius 3 is 1.94 bits per heavy atom. The maximum absolute atomic E-state index is 5.57. The van der Waals surface area contributed by atoms with Crippen molar-refractivity contribution in [1.29, 1.82) is 0 Å². The van der Waals surface area contributed by atoms with Gasteiger partial charge in [0.25, 0.3) is 0 Å². The van der Waals surface area contributed by atoms with Crippen molar-refractivity contribution in [2.45, 2.75) is 27.2 Å². The molecule has 0 aromatic heterocycles. The van der Waals surface area contributed by atoms with Gasteiger partial charge in [-0.25, -0.2) is 0 Å². The average molecular weight is 239 g/mol. The van der Waals surface area contributed by atoms with E-state index in [1.54, 1.807) is 0 Å². The number of hydrogen-bond donors (Lipinski definition) is 1. The van der Waals surface area contributed by atoms with Gasteiger partial charge < -0.3 is 5.73 Å². The Hall–Kier alpha value is -1.60. The van der Waals surface area contributed by atoms with Gasteiger partial charge in [-0.1, -0.05) is 42.0 Å². The Balaban J connectivity index is 2.42. The minimum atomic E-state index is 0.710. The second-order valence-electron chi connectivity index (χ2n) is 5.01. The van der Waals surface area contributed by atoms with Crippen LogP contribution in [0.15, 0.2) is 36.4 Å². The first-order valence-electron chi connectivity index (χ1n) is 6.49. The zero-order valence-electron chi connectivity index (χ0n) is 11.5. The van der Waals surface area contributed by atoms with Gasteiger partial charge in [0, 0.05) is 0 Å². The van der Waals surface area contributed by atoms with E-state index in [9.17, 15) is 0 Å². The molecule has 2 N–H and O–H groups in total. The second kappa shape index (κ2) is 5.36. The fraction of sp³-hybridized carbons (Fsp3) is 0.294. The molecule has 0 saturated carbocycles. The van der Waals surface area contributed by atoms with Crippen molar-refractivity contribution in [2.24, 2.45) is 5.73 Å². The highest BCUT2D eigenvalue weighted by Crippen LogP contribution is 2.28. The van der Waals surface area contributed by atoms with E-state index in [2.05, 4.69) is 57.2 Å². The lowest BCUT2D eigenvalue weighted by Crippen LogP contribution is -2.02. The van der Waals surface area contributed by atoms with E-state index in [0.29, 0.717) is 6.54 Å². The molecule has 0 atom stereocenters. The molecule has 1 nitrogen and oxygen atoms in total. The Kier molecular flexibility index (Phi) is 3.83. The fourth-order valence-electron chi connectivity index (χ4n) is 2.64. The molecular formula is C17H21N. The van der Waals surface area contributed by atoms with E-state index in [0.717, 1.165) is 6.42 Å². The quantitative estimate of drug-likeness (QED) is 0.866. The van der Waals surface area contributed by atoms with Crippen LogP contribution in [0, 0.1) is 20.8 Å². The predicted molar refractivity (Wildman–Crippen MR) is 78.8 cm³/mol. The lowest BCUT2D eigenvalue weighted by molar-refractivity contribution is 0.969. The highest BCUT2D eigenvalue weighted by molar-refractivity contribution is 5.71. The van der Waals surface area contributed by atoms with E-state index in [1.807, 2.05) is 0 Å². The van der Waals surface area contributed by atoms with Crippen LogP contribution in [0.25, 0.3) is 11.1 Å². The van der Waals surface area contributed by atoms with Crippen LogP contribution in [-0.2, 0) is 6.42 Å². The molecule has 0 aliphatic heterocycles. The third kappa shape index (κ3) is 2.62. The van der Waals surface area contributed by atoms with Gasteiger partial charge in [0.2, 0.25) is 0 Å². The Morgan fingerprint density at radius 1 is 0.889 bits per heavy atom. The maximum atomic E-state index is 5.57. The predicted octanol–water partition coefficient (Wildman–Crippen LogP) is 3.78. The molecule has 0 aliphatic carbocycles. The Labute approximate surface area is 110 Å². The van der Waals surface area contributed by atoms with Gasteiger partial charge in [-0.2, -0.15) is 0 Å². The number of nitrogens with two attached hydrogens (primary N) is 1. The van der Waals surface area contributed by atoms with Crippen LogP contribution in [0.4, 0.5) is 0 Å². The highest BCUT2D eigenvalue weighted by Gasteiger charge is 2.06. The molecule has 2 rings (SSSR count). The molecule has 0 fully saturated rings. The van der Waals surface area contributed by atoms with Crippen molar-refractivity contribution >= 4 is 0 Å². The van der Waals surface area contributed by atoms with E-state index in [-0.39, 0.29) is 0 Å². The van der Waals surface area contributed by atoms with Crippen LogP contribution in [0.1, 0.15) is 22.3 Å². The Morgan fingerprint density at radius 2 is 1.44 bits per heavy atom. The molecule has 94 valence electrons. The van der Waals surface area contributed by atoms with Crippen LogP contribution < -0.4 is 5.73 Å². The standard InChI is InChI=1S/C17H21N/c1-12-10-13(2)17(14(3)11-12)16-6-4-15(5-7-16)8-9-18/h4-7,10-11H,8-9,18H2,1-3H3. The number of hydrogen-bond acceptors (Lipinski definition) is 1. The summed E-state index contributed by atoms with van der Waals surface area (Å²) in [6.45, 7) is 7.22. The van der Waals surface area contributed by atoms with Gasteiger partial charge in [0.15, 0.2) is 0 Å². The van der Waals surface area contributed by atoms with Gasteiger partial charge in [-0.3, -0.25) is 0 Å². The molecule has 0 saturated heterocycles. The molecule has 2 aromatic rings. The SMILES string of the molecule is Cc1cc(C)c(-c2ccc(CCN)cc2)c(C)c1. The third-order valence-corrected chi connectivity index (χ3v) is 3.35. The minimum Gasteiger partial charge on any atom is -0.330 e. The van der Waals surface area contributed by atoms with Gasteiger partial charge in [-0.15, -0.1) is 0 Å². The van der Waals surface area contributed by atoms with Crippen molar-refractivity contribution in [1.82, 2.24) is 0 Å². The van der Waals surface area contributed by atoms with Crippen molar-refractivity contribution in [2.75, 3.05) is 6.54 Å². The first-order chi connectivity index (χ1) is 8.61. The molecule has 0 radical (unpaired) electrons. The summed E-state index contributed by atoms with van der Waals surface area (Å²) in [6.07, 6.45) is 0.951. The van der Waals surface area contributed by atoms with E-state index in [1.165, 1.54) is 33.4 Å². The third-order valence-electron chi connectivity index (χ3n) is 3.35. The molecule has 0 heterocycles. The molecule has 0 aliphatic rings. The normalized spacial score (nSPS) is 10.7. The molecule has 18 heavy (non-hydrogen) atoms. The second-order valence-corrected chi connectivity index (χ2v) is 5.01. The molecular weight excluding hydrogens is 218 g/mol. The molecule has 2 aromatic carbocycles. The summed E-state index contributed by atoms with van der Waals surface area (Å²) >= 11 is 0. The summed E-state index contributed by atoms with van der Waals surface area (Å²) in [5, 5.41) is 0. The summed E-state index contributed by atoms with van der Waals surface area (Å²) in [7, 11) is 0. The topological polar surface area (TPSA) is 26.0 Å². The van der Waals surface area contributed by atoms with Crippen LogP contribution in [0.5, 0.6) is 0 Å². The van der Waals surface area contributed by atoms with Crippen molar-refractivity contribution in [3.8, 4) is 11.1 Å². The maximum Gasteiger partial charge on any atom is -0.00367 e. The van der Waals surface area contributed by atoms with Crippen molar-refractivity contribution in [3.63, 3.8) is 0 Å². The summed E-state index contributed by atoms with van der Waals surface area (Å²) in [5.74, 6) is 0. The van der Waals surface area contributed by atoms with Crippen molar-refractivity contribution < 1.29 is 0 Å². The van der Waals surface area contributed by atoms with Crippen LogP contribution >= 0.6 is 0 Å². The summed E-state index contributed by atoms with van der Waals surface area (Å²) < 4.78 is 0. The van der Waals surface area contributed by atoms with Crippen LogP contribution in [-0.4, -0.2) is 6.54 Å². The largest absolute Gasteiger partial charge is 0.330 e. The number of rotatable bonds is 3. The first-order valence-corrected chi connectivity index (χ1v) is 6.49. The highest BCUT2D eigenvalue weighted by atomic mass is 14.5. The average Bonchev–Trinajstić information content (AvgIpc) is 2.30. The van der Waals surface area contributed by atoms with E-state index < -0.39 is 0 Å². The fourth-order valence-corrected chi connectivity index (χ4v) is 2.64. The van der Waals surface area contributed by atoms with Crippen molar-refractivity contribution in [3.05, 3.63) is 58.7 Å². The zero-order chi connectivity index (χ0) is 13.1. The van der Waals surface area contributed by atoms with Crippen LogP contribution in [0.2, 0.25) is 0 Å². The van der Waals surface area contributed by atoms with E-state index in [4.69, 9.17) is 5.73 Å². The molecule has 0 amide bonds. The lowest BCUT2D eigenvalue weighted by atomic mass is 9.93. The molecule has 0 bridgehead atoms. The number of aryl methyl sites for hydroxylation is 3. The first kappa shape index (κ1) is 12.8. The minimum absolute atomic E-state index is 0.710. The molecule has 0 spiro atoms. The molecule has 1 heteroatoms. The summed E-state index contributed by atoms with van der Waals surface area (Å²) in [6, 6.07) is 13.3. The van der Waals surface area contributed by atoms with Crippen LogP contribution in [0.3, 0.4) is 0 Å². The number of benzene rings is 2. The lowest BCUT2D eigenvalue weighted by Gasteiger charge is -2.12. The smallest absolute Gasteiger partial charge is 0.00367 e. The summed E-state index contributed by atoms with van der Waals surface area (Å²) in [4.78, 5) is 0. The summed E-state index contributed by atoms with van der Waals surface area (Å²) in [5.41, 5.74) is 13.6. The van der Waals surface area contributed by atoms with Gasteiger partial charge in [0.1, 0.15) is 0 Å².